The highest BCUT2D eigenvalue weighted by atomic mass is 19.4. The van der Waals surface area contributed by atoms with Crippen LogP contribution in [-0.2, 0) is 0 Å². The average molecular weight is 335 g/mol. The van der Waals surface area contributed by atoms with Gasteiger partial charge in [-0.1, -0.05) is 18.2 Å². The molecule has 0 aliphatic heterocycles. The van der Waals surface area contributed by atoms with Crippen LogP contribution in [0.2, 0.25) is 0 Å². The summed E-state index contributed by atoms with van der Waals surface area (Å²) in [4.78, 5) is 0.704. The lowest BCUT2D eigenvalue weighted by Gasteiger charge is -2.35. The predicted molar refractivity (Wildman–Crippen MR) is 65.2 cm³/mol. The van der Waals surface area contributed by atoms with Gasteiger partial charge in [0.15, 0.2) is 0 Å². The van der Waals surface area contributed by atoms with Crippen molar-refractivity contribution in [3.05, 3.63) is 30.3 Å². The third-order valence-corrected chi connectivity index (χ3v) is 3.04. The Kier molecular flexibility index (Phi) is 5.30. The second kappa shape index (κ2) is 6.29. The zero-order valence-corrected chi connectivity index (χ0v) is 11.3. The van der Waals surface area contributed by atoms with Gasteiger partial charge >= 0.3 is 24.2 Å². The molecule has 0 radical (unpaired) electrons. The second-order valence-electron chi connectivity index (χ2n) is 4.55. The SMILES string of the molecule is CCN(CC(F)(F)C(F)(F)C(F)(F)C(F)F)c1ccccc1. The van der Waals surface area contributed by atoms with Crippen LogP contribution in [0.1, 0.15) is 6.92 Å². The summed E-state index contributed by atoms with van der Waals surface area (Å²) in [5, 5.41) is 0. The van der Waals surface area contributed by atoms with Gasteiger partial charge in [-0.05, 0) is 19.1 Å². The molecule has 1 rings (SSSR count). The van der Waals surface area contributed by atoms with Crippen molar-refractivity contribution >= 4 is 5.69 Å². The van der Waals surface area contributed by atoms with Crippen molar-refractivity contribution in [2.75, 3.05) is 18.0 Å². The minimum atomic E-state index is -6.18. The van der Waals surface area contributed by atoms with Crippen molar-refractivity contribution in [1.29, 1.82) is 0 Å². The molecule has 1 aromatic carbocycles. The molecule has 0 spiro atoms. The molecular weight excluding hydrogens is 322 g/mol. The molecule has 0 bridgehead atoms. The van der Waals surface area contributed by atoms with Gasteiger partial charge in [-0.25, -0.2) is 8.78 Å². The Morgan fingerprint density at radius 1 is 0.955 bits per heavy atom. The predicted octanol–water partition coefficient (Wildman–Crippen LogP) is 4.68. The summed E-state index contributed by atoms with van der Waals surface area (Å²) in [7, 11) is 0. The maximum Gasteiger partial charge on any atom is 0.379 e. The molecule has 0 aliphatic rings. The topological polar surface area (TPSA) is 3.24 Å². The highest BCUT2D eigenvalue weighted by Gasteiger charge is 2.75. The Labute approximate surface area is 121 Å². The van der Waals surface area contributed by atoms with Crippen LogP contribution in [0.25, 0.3) is 0 Å². The Hall–Kier alpha value is -1.54. The number of anilines is 1. The Balaban J connectivity index is 3.07. The molecule has 0 atom stereocenters. The molecule has 0 heterocycles. The van der Waals surface area contributed by atoms with E-state index in [0.29, 0.717) is 4.90 Å². The van der Waals surface area contributed by atoms with Crippen LogP contribution in [0.15, 0.2) is 30.3 Å². The Morgan fingerprint density at radius 2 is 1.45 bits per heavy atom. The van der Waals surface area contributed by atoms with Gasteiger partial charge in [0.1, 0.15) is 0 Å². The fourth-order valence-electron chi connectivity index (χ4n) is 1.74. The van der Waals surface area contributed by atoms with Gasteiger partial charge in [-0.3, -0.25) is 0 Å². The third kappa shape index (κ3) is 3.27. The number of hydrogen-bond donors (Lipinski definition) is 0. The molecule has 0 saturated heterocycles. The first-order valence-corrected chi connectivity index (χ1v) is 6.19. The van der Waals surface area contributed by atoms with E-state index in [4.69, 9.17) is 0 Å². The van der Waals surface area contributed by atoms with Crippen molar-refractivity contribution in [2.45, 2.75) is 31.1 Å². The van der Waals surface area contributed by atoms with Crippen LogP contribution in [0.5, 0.6) is 0 Å². The second-order valence-corrected chi connectivity index (χ2v) is 4.55. The first-order valence-electron chi connectivity index (χ1n) is 6.19. The van der Waals surface area contributed by atoms with Crippen LogP contribution < -0.4 is 4.90 Å². The molecule has 0 saturated carbocycles. The van der Waals surface area contributed by atoms with Crippen molar-refractivity contribution in [2.24, 2.45) is 0 Å². The molecular formula is C13H13F8N. The van der Waals surface area contributed by atoms with E-state index in [9.17, 15) is 35.1 Å². The number of rotatable bonds is 7. The molecule has 0 aromatic heterocycles. The average Bonchev–Trinajstić information content (AvgIpc) is 2.45. The van der Waals surface area contributed by atoms with Crippen molar-refractivity contribution in [3.63, 3.8) is 0 Å². The zero-order chi connectivity index (χ0) is 17.2. The largest absolute Gasteiger partial charge is 0.379 e. The molecule has 1 nitrogen and oxygen atoms in total. The molecule has 0 N–H and O–H groups in total. The van der Waals surface area contributed by atoms with E-state index in [1.165, 1.54) is 37.3 Å². The van der Waals surface area contributed by atoms with Crippen molar-refractivity contribution < 1.29 is 35.1 Å². The molecule has 22 heavy (non-hydrogen) atoms. The monoisotopic (exact) mass is 335 g/mol. The number of hydrogen-bond acceptors (Lipinski definition) is 1. The quantitative estimate of drug-likeness (QED) is 0.654. The molecule has 1 aromatic rings. The molecule has 126 valence electrons. The Bertz CT molecular complexity index is 474. The minimum absolute atomic E-state index is 0.0841. The van der Waals surface area contributed by atoms with Gasteiger partial charge in [0.2, 0.25) is 0 Å². The summed E-state index contributed by atoms with van der Waals surface area (Å²) in [6.45, 7) is -0.675. The molecule has 9 heteroatoms. The summed E-state index contributed by atoms with van der Waals surface area (Å²) >= 11 is 0. The number of benzene rings is 1. The first kappa shape index (κ1) is 18.5. The van der Waals surface area contributed by atoms with Crippen LogP contribution in [0.3, 0.4) is 0 Å². The van der Waals surface area contributed by atoms with Crippen LogP contribution in [0, 0.1) is 0 Å². The van der Waals surface area contributed by atoms with Gasteiger partial charge in [0.25, 0.3) is 0 Å². The first-order chi connectivity index (χ1) is 9.97. The number of nitrogens with zero attached hydrogens (tertiary/aromatic N) is 1. The number of halogens is 8. The smallest absolute Gasteiger partial charge is 0.366 e. The molecule has 0 amide bonds. The van der Waals surface area contributed by atoms with Crippen LogP contribution in [0.4, 0.5) is 40.8 Å². The fourth-order valence-corrected chi connectivity index (χ4v) is 1.74. The fraction of sp³-hybridized carbons (Fsp3) is 0.538. The lowest BCUT2D eigenvalue weighted by atomic mass is 10.0. The molecule has 0 unspecified atom stereocenters. The maximum absolute atomic E-state index is 13.6. The van der Waals surface area contributed by atoms with E-state index >= 15 is 0 Å². The van der Waals surface area contributed by atoms with Crippen molar-refractivity contribution in [1.82, 2.24) is 0 Å². The number of alkyl halides is 8. The van der Waals surface area contributed by atoms with E-state index in [2.05, 4.69) is 0 Å². The highest BCUT2D eigenvalue weighted by molar-refractivity contribution is 5.46. The minimum Gasteiger partial charge on any atom is -0.366 e. The van der Waals surface area contributed by atoms with Crippen LogP contribution in [-0.4, -0.2) is 37.3 Å². The summed E-state index contributed by atoms with van der Waals surface area (Å²) in [6.07, 6.45) is -4.90. The maximum atomic E-state index is 13.6. The van der Waals surface area contributed by atoms with E-state index in [1.54, 1.807) is 0 Å². The summed E-state index contributed by atoms with van der Waals surface area (Å²) < 4.78 is 103. The molecule has 0 aliphatic carbocycles. The molecule has 0 fully saturated rings. The van der Waals surface area contributed by atoms with Gasteiger partial charge in [0, 0.05) is 12.2 Å². The summed E-state index contributed by atoms with van der Waals surface area (Å²) in [5.74, 6) is -17.7. The van der Waals surface area contributed by atoms with Gasteiger partial charge in [0.05, 0.1) is 6.54 Å². The lowest BCUT2D eigenvalue weighted by molar-refractivity contribution is -0.335. The van der Waals surface area contributed by atoms with Gasteiger partial charge in [-0.2, -0.15) is 26.3 Å². The van der Waals surface area contributed by atoms with Crippen molar-refractivity contribution in [3.8, 4) is 0 Å². The highest BCUT2D eigenvalue weighted by Crippen LogP contribution is 2.48. The standard InChI is InChI=1S/C13H13F8N/c1-2-22(9-6-4-3-5-7-9)8-11(16,17)13(20,21)12(18,19)10(14)15/h3-7,10H,2,8H2,1H3. The Morgan fingerprint density at radius 3 is 1.86 bits per heavy atom. The van der Waals surface area contributed by atoms with E-state index in [1.807, 2.05) is 0 Å². The van der Waals surface area contributed by atoms with Crippen LogP contribution >= 0.6 is 0 Å². The van der Waals surface area contributed by atoms with Gasteiger partial charge in [-0.15, -0.1) is 0 Å². The summed E-state index contributed by atoms with van der Waals surface area (Å²) in [5.41, 5.74) is 0.0841. The van der Waals surface area contributed by atoms with Gasteiger partial charge < -0.3 is 4.90 Å². The number of para-hydroxylation sites is 1. The van der Waals surface area contributed by atoms with E-state index < -0.39 is 30.7 Å². The van der Waals surface area contributed by atoms with E-state index in [0.717, 1.165) is 0 Å². The normalized spacial score (nSPS) is 13.5. The zero-order valence-electron chi connectivity index (χ0n) is 11.3. The third-order valence-electron chi connectivity index (χ3n) is 3.04. The van der Waals surface area contributed by atoms with E-state index in [-0.39, 0.29) is 12.2 Å². The lowest BCUT2D eigenvalue weighted by Crippen LogP contribution is -2.61. The summed E-state index contributed by atoms with van der Waals surface area (Å²) in [6, 6.07) is 7.02.